The van der Waals surface area contributed by atoms with Crippen LogP contribution in [0.3, 0.4) is 0 Å². The fourth-order valence-corrected chi connectivity index (χ4v) is 5.83. The topological polar surface area (TPSA) is 66.3 Å². The summed E-state index contributed by atoms with van der Waals surface area (Å²) in [4.78, 5) is 23.3. The van der Waals surface area contributed by atoms with Crippen LogP contribution in [0.15, 0.2) is 60.9 Å². The summed E-state index contributed by atoms with van der Waals surface area (Å²) >= 11 is 0. The quantitative estimate of drug-likeness (QED) is 0.461. The van der Waals surface area contributed by atoms with Crippen LogP contribution in [-0.4, -0.2) is 57.8 Å². The van der Waals surface area contributed by atoms with Crippen LogP contribution in [0.4, 0.5) is 5.69 Å². The molecule has 0 radical (unpaired) electrons. The number of para-hydroxylation sites is 1. The maximum Gasteiger partial charge on any atom is 0.252 e. The number of fused-ring (bicyclic) bond motifs is 3. The molecule has 2 saturated heterocycles. The number of hydrogen-bond acceptors (Lipinski definition) is 5. The lowest BCUT2D eigenvalue weighted by atomic mass is 9.99. The molecule has 2 aliphatic rings. The van der Waals surface area contributed by atoms with Crippen molar-refractivity contribution in [3.8, 4) is 11.3 Å². The van der Waals surface area contributed by atoms with Crippen LogP contribution in [-0.2, 0) is 7.05 Å². The molecule has 2 bridgehead atoms. The molecule has 0 aliphatic carbocycles. The van der Waals surface area contributed by atoms with Gasteiger partial charge in [0.1, 0.15) is 0 Å². The fraction of sp³-hybridized carbons (Fsp3) is 0.345. The predicted octanol–water partition coefficient (Wildman–Crippen LogP) is 4.33. The molecular formula is C29H32N6O. The van der Waals surface area contributed by atoms with Crippen LogP contribution in [0.5, 0.6) is 0 Å². The third-order valence-corrected chi connectivity index (χ3v) is 7.87. The SMILES string of the molecule is Cc1ccc(N2CC3CC2CN3C)cc1C(=O)N[C@H](C)c1cc(-c2cnn(C)c2)nc2ccccc12. The number of nitrogens with zero attached hydrogens (tertiary/aromatic N) is 5. The molecule has 1 amide bonds. The number of anilines is 1. The molecule has 0 spiro atoms. The van der Waals surface area contributed by atoms with Gasteiger partial charge in [0.15, 0.2) is 0 Å². The van der Waals surface area contributed by atoms with E-state index >= 15 is 0 Å². The van der Waals surface area contributed by atoms with Crippen LogP contribution >= 0.6 is 0 Å². The lowest BCUT2D eigenvalue weighted by molar-refractivity contribution is 0.0939. The zero-order valence-electron chi connectivity index (χ0n) is 21.3. The second kappa shape index (κ2) is 8.75. The van der Waals surface area contributed by atoms with Gasteiger partial charge < -0.3 is 10.2 Å². The maximum atomic E-state index is 13.6. The molecule has 2 fully saturated rings. The van der Waals surface area contributed by atoms with Crippen LogP contribution in [0.2, 0.25) is 0 Å². The zero-order valence-corrected chi connectivity index (χ0v) is 21.3. The van der Waals surface area contributed by atoms with Gasteiger partial charge in [-0.25, -0.2) is 4.98 Å². The van der Waals surface area contributed by atoms with Crippen molar-refractivity contribution >= 4 is 22.5 Å². The highest BCUT2D eigenvalue weighted by atomic mass is 16.1. The minimum absolute atomic E-state index is 0.0489. The largest absolute Gasteiger partial charge is 0.366 e. The first-order chi connectivity index (χ1) is 17.4. The predicted molar refractivity (Wildman–Crippen MR) is 143 cm³/mol. The van der Waals surface area contributed by atoms with Gasteiger partial charge in [-0.2, -0.15) is 5.10 Å². The number of likely N-dealkylation sites (N-methyl/N-ethyl adjacent to an activating group) is 1. The minimum atomic E-state index is -0.194. The number of pyridine rings is 1. The first-order valence-corrected chi connectivity index (χ1v) is 12.6. The minimum Gasteiger partial charge on any atom is -0.366 e. The summed E-state index contributed by atoms with van der Waals surface area (Å²) < 4.78 is 1.77. The average molecular weight is 481 g/mol. The first kappa shape index (κ1) is 22.7. The van der Waals surface area contributed by atoms with Crippen LogP contribution in [0.1, 0.15) is 40.9 Å². The molecule has 2 aliphatic heterocycles. The normalized spacial score (nSPS) is 20.3. The number of carbonyl (C=O) groups is 1. The van der Waals surface area contributed by atoms with E-state index in [1.807, 2.05) is 51.5 Å². The van der Waals surface area contributed by atoms with E-state index in [1.54, 1.807) is 4.68 Å². The van der Waals surface area contributed by atoms with E-state index in [4.69, 9.17) is 4.98 Å². The van der Waals surface area contributed by atoms with Crippen molar-refractivity contribution < 1.29 is 4.79 Å². The third-order valence-electron chi connectivity index (χ3n) is 7.87. The van der Waals surface area contributed by atoms with Gasteiger partial charge in [-0.3, -0.25) is 14.4 Å². The van der Waals surface area contributed by atoms with Gasteiger partial charge in [-0.15, -0.1) is 0 Å². The molecule has 1 N–H and O–H groups in total. The summed E-state index contributed by atoms with van der Waals surface area (Å²) in [5.41, 5.74) is 6.63. The Morgan fingerprint density at radius 1 is 1.08 bits per heavy atom. The van der Waals surface area contributed by atoms with E-state index in [0.29, 0.717) is 12.1 Å². The maximum absolute atomic E-state index is 13.6. The summed E-state index contributed by atoms with van der Waals surface area (Å²) in [6.45, 7) is 6.17. The monoisotopic (exact) mass is 480 g/mol. The van der Waals surface area contributed by atoms with Crippen LogP contribution in [0, 0.1) is 6.92 Å². The Morgan fingerprint density at radius 3 is 2.64 bits per heavy atom. The van der Waals surface area contributed by atoms with E-state index in [2.05, 4.69) is 57.6 Å². The number of hydrogen-bond donors (Lipinski definition) is 1. The van der Waals surface area contributed by atoms with Gasteiger partial charge >= 0.3 is 0 Å². The third kappa shape index (κ3) is 3.93. The van der Waals surface area contributed by atoms with Crippen molar-refractivity contribution in [2.24, 2.45) is 7.05 Å². The van der Waals surface area contributed by atoms with E-state index in [0.717, 1.165) is 57.6 Å². The molecule has 36 heavy (non-hydrogen) atoms. The van der Waals surface area contributed by atoms with Gasteiger partial charge in [0.25, 0.3) is 5.91 Å². The van der Waals surface area contributed by atoms with Crippen molar-refractivity contribution in [1.82, 2.24) is 25.0 Å². The van der Waals surface area contributed by atoms with Gasteiger partial charge in [-0.1, -0.05) is 24.3 Å². The molecule has 4 heterocycles. The lowest BCUT2D eigenvalue weighted by Gasteiger charge is -2.34. The van der Waals surface area contributed by atoms with Gasteiger partial charge in [0.2, 0.25) is 0 Å². The van der Waals surface area contributed by atoms with Gasteiger partial charge in [-0.05, 0) is 62.7 Å². The second-order valence-corrected chi connectivity index (χ2v) is 10.3. The second-order valence-electron chi connectivity index (χ2n) is 10.3. The van der Waals surface area contributed by atoms with E-state index in [1.165, 1.54) is 6.42 Å². The van der Waals surface area contributed by atoms with Crippen molar-refractivity contribution in [2.45, 2.75) is 38.4 Å². The Kier molecular flexibility index (Phi) is 5.52. The zero-order chi connectivity index (χ0) is 25.0. The Morgan fingerprint density at radius 2 is 1.92 bits per heavy atom. The van der Waals surface area contributed by atoms with Gasteiger partial charge in [0.05, 0.1) is 23.4 Å². The fourth-order valence-electron chi connectivity index (χ4n) is 5.83. The van der Waals surface area contributed by atoms with Crippen LogP contribution < -0.4 is 10.2 Å². The Balaban J connectivity index is 1.29. The number of nitrogens with one attached hydrogen (secondary N) is 1. The molecule has 0 saturated carbocycles. The molecular weight excluding hydrogens is 448 g/mol. The smallest absolute Gasteiger partial charge is 0.252 e. The number of likely N-dealkylation sites (tertiary alicyclic amines) is 1. The Labute approximate surface area is 211 Å². The number of amides is 1. The molecule has 184 valence electrons. The van der Waals surface area contributed by atoms with E-state index in [-0.39, 0.29) is 11.9 Å². The van der Waals surface area contributed by atoms with Crippen molar-refractivity contribution in [3.63, 3.8) is 0 Å². The standard InChI is InChI=1S/C29H32N6O/c1-18-9-10-21(35-17-22-11-23(35)16-33(22)3)12-25(18)29(36)31-19(2)26-13-28(20-14-30-34(4)15-20)32-27-8-6-5-7-24(26)27/h5-10,12-15,19,22-23H,11,16-17H2,1-4H3,(H,31,36)/t19-,22?,23?/m1/s1. The summed E-state index contributed by atoms with van der Waals surface area (Å²) in [7, 11) is 4.11. The number of rotatable bonds is 5. The first-order valence-electron chi connectivity index (χ1n) is 12.6. The number of aryl methyl sites for hydroxylation is 2. The lowest BCUT2D eigenvalue weighted by Crippen LogP contribution is -2.44. The molecule has 2 aromatic carbocycles. The van der Waals surface area contributed by atoms with E-state index in [9.17, 15) is 4.79 Å². The molecule has 3 atom stereocenters. The molecule has 2 unspecified atom stereocenters. The Hall–Kier alpha value is -3.71. The molecule has 7 heteroatoms. The summed E-state index contributed by atoms with van der Waals surface area (Å²) in [5, 5.41) is 8.62. The number of carbonyl (C=O) groups excluding carboxylic acids is 1. The summed E-state index contributed by atoms with van der Waals surface area (Å²) in [5.74, 6) is -0.0489. The molecule has 7 nitrogen and oxygen atoms in total. The van der Waals surface area contributed by atoms with E-state index < -0.39 is 0 Å². The van der Waals surface area contributed by atoms with Crippen molar-refractivity contribution in [2.75, 3.05) is 25.0 Å². The molecule has 6 rings (SSSR count). The van der Waals surface area contributed by atoms with Crippen molar-refractivity contribution in [1.29, 1.82) is 0 Å². The number of aromatic nitrogens is 3. The highest BCUT2D eigenvalue weighted by molar-refractivity contribution is 5.97. The number of piperazine rings is 1. The molecule has 2 aromatic heterocycles. The summed E-state index contributed by atoms with van der Waals surface area (Å²) in [6.07, 6.45) is 4.99. The highest BCUT2D eigenvalue weighted by Gasteiger charge is 2.41. The van der Waals surface area contributed by atoms with Crippen LogP contribution in [0.25, 0.3) is 22.2 Å². The summed E-state index contributed by atoms with van der Waals surface area (Å²) in [6, 6.07) is 17.4. The highest BCUT2D eigenvalue weighted by Crippen LogP contribution is 2.35. The van der Waals surface area contributed by atoms with Gasteiger partial charge in [0, 0.05) is 60.6 Å². The average Bonchev–Trinajstić information content (AvgIpc) is 3.59. The number of benzene rings is 2. The molecule has 4 aromatic rings. The van der Waals surface area contributed by atoms with Crippen molar-refractivity contribution in [3.05, 3.63) is 77.6 Å². The Bertz CT molecular complexity index is 1460.